The van der Waals surface area contributed by atoms with E-state index in [2.05, 4.69) is 34.9 Å². The molecule has 9 aromatic carbocycles. The maximum absolute atomic E-state index is 12.8. The van der Waals surface area contributed by atoms with Crippen LogP contribution in [0.25, 0.3) is 0 Å². The number of anilines is 3. The predicted octanol–water partition coefficient (Wildman–Crippen LogP) is 13.9. The Kier molecular flexibility index (Phi) is 23.5. The fourth-order valence-electron chi connectivity index (χ4n) is 9.45. The number of hydrogen-bond acceptors (Lipinski definition) is 11. The molecule has 0 saturated carbocycles. The summed E-state index contributed by atoms with van der Waals surface area (Å²) in [5.74, 6) is -2.56. The first-order chi connectivity index (χ1) is 42.9. The molecule has 0 radical (unpaired) electrons. The number of sulfonamides is 3. The molecule has 0 fully saturated rings. The van der Waals surface area contributed by atoms with Gasteiger partial charge in [0.25, 0.3) is 35.8 Å². The molecule has 0 aromatic heterocycles. The largest absolute Gasteiger partial charge is 0.478 e. The predicted molar refractivity (Wildman–Crippen MR) is 348 cm³/mol. The van der Waals surface area contributed by atoms with Crippen LogP contribution in [0, 0.1) is 10.1 Å². The smallest absolute Gasteiger partial charge is 0.335 e. The van der Waals surface area contributed by atoms with Gasteiger partial charge in [0.1, 0.15) is 0 Å². The molecule has 9 rings (SSSR count). The molecule has 0 aliphatic heterocycles. The molecule has 18 nitrogen and oxygen atoms in total. The number of nitrogens with zero attached hydrogens (tertiary/aromatic N) is 1. The van der Waals surface area contributed by atoms with Crippen molar-refractivity contribution in [2.24, 2.45) is 0 Å². The van der Waals surface area contributed by atoms with Crippen LogP contribution in [0.1, 0.15) is 109 Å². The molecule has 9 aromatic rings. The topological polar surface area (TPSA) is 294 Å². The molecule has 466 valence electrons. The van der Waals surface area contributed by atoms with Gasteiger partial charge < -0.3 is 15.3 Å². The van der Waals surface area contributed by atoms with Gasteiger partial charge in [-0.25, -0.2) is 39.6 Å². The zero-order chi connectivity index (χ0) is 65.0. The Morgan fingerprint density at radius 1 is 0.433 bits per heavy atom. The van der Waals surface area contributed by atoms with Crippen LogP contribution in [0.4, 0.5) is 22.7 Å². The van der Waals surface area contributed by atoms with Crippen molar-refractivity contribution in [3.63, 3.8) is 0 Å². The number of rotatable bonds is 25. The fourth-order valence-corrected chi connectivity index (χ4v) is 12.8. The van der Waals surface area contributed by atoms with Gasteiger partial charge in [0.15, 0.2) is 4.90 Å². The lowest BCUT2D eigenvalue weighted by Gasteiger charge is -2.13. The number of carboxylic acid groups (broad SMARTS) is 3. The van der Waals surface area contributed by atoms with Crippen molar-refractivity contribution in [1.29, 1.82) is 0 Å². The summed E-state index contributed by atoms with van der Waals surface area (Å²) in [6.45, 7) is 6.21. The van der Waals surface area contributed by atoms with Crippen LogP contribution in [0.2, 0.25) is 0 Å². The van der Waals surface area contributed by atoms with Gasteiger partial charge in [0.05, 0.1) is 37.1 Å². The first-order valence-corrected chi connectivity index (χ1v) is 33.1. The van der Waals surface area contributed by atoms with E-state index in [1.807, 2.05) is 60.7 Å². The van der Waals surface area contributed by atoms with Crippen molar-refractivity contribution in [3.05, 3.63) is 290 Å². The Bertz CT molecular complexity index is 4320. The van der Waals surface area contributed by atoms with Crippen molar-refractivity contribution >= 4 is 70.7 Å². The molecule has 0 saturated heterocycles. The number of carbonyl (C=O) groups is 3. The van der Waals surface area contributed by atoms with Crippen LogP contribution < -0.4 is 14.2 Å². The summed E-state index contributed by atoms with van der Waals surface area (Å²) in [4.78, 5) is 44.0. The number of aromatic carboxylic acids is 3. The molecule has 0 spiro atoms. The Hall–Kier alpha value is -9.96. The Morgan fingerprint density at radius 3 is 1.33 bits per heavy atom. The minimum atomic E-state index is -4.20. The number of carboxylic acids is 3. The summed E-state index contributed by atoms with van der Waals surface area (Å²) >= 11 is 0. The van der Waals surface area contributed by atoms with Gasteiger partial charge in [-0.05, 0) is 186 Å². The van der Waals surface area contributed by atoms with E-state index in [0.29, 0.717) is 54.1 Å². The molecule has 0 aliphatic carbocycles. The summed E-state index contributed by atoms with van der Waals surface area (Å²) in [6, 6.07) is 60.5. The van der Waals surface area contributed by atoms with E-state index in [1.54, 1.807) is 127 Å². The minimum Gasteiger partial charge on any atom is -0.478 e. The highest BCUT2D eigenvalue weighted by Gasteiger charge is 2.26. The zero-order valence-corrected chi connectivity index (χ0v) is 52.0. The van der Waals surface area contributed by atoms with E-state index in [0.717, 1.165) is 65.1 Å². The number of nitro groups is 1. The monoisotopic (exact) mass is 1270 g/mol. The third-order valence-corrected chi connectivity index (χ3v) is 18.5. The number of benzene rings is 9. The number of nitrogens with one attached hydrogen (secondary N) is 3. The van der Waals surface area contributed by atoms with Crippen LogP contribution in [-0.4, -0.2) is 63.4 Å². The number of para-hydroxylation sites is 2. The molecule has 0 heterocycles. The Balaban J connectivity index is 0.000000192. The van der Waals surface area contributed by atoms with E-state index >= 15 is 0 Å². The van der Waals surface area contributed by atoms with Gasteiger partial charge >= 0.3 is 17.9 Å². The van der Waals surface area contributed by atoms with Crippen LogP contribution in [0.3, 0.4) is 0 Å². The third-order valence-electron chi connectivity index (χ3n) is 14.3. The Morgan fingerprint density at radius 2 is 0.856 bits per heavy atom. The van der Waals surface area contributed by atoms with E-state index < -0.39 is 63.5 Å². The summed E-state index contributed by atoms with van der Waals surface area (Å²) in [6.07, 6.45) is 5.57. The van der Waals surface area contributed by atoms with Crippen molar-refractivity contribution in [2.75, 3.05) is 14.2 Å². The summed E-state index contributed by atoms with van der Waals surface area (Å²) in [5.41, 5.74) is 8.97. The summed E-state index contributed by atoms with van der Waals surface area (Å²) < 4.78 is 83.7. The third kappa shape index (κ3) is 19.5. The lowest BCUT2D eigenvalue weighted by Crippen LogP contribution is -2.16. The van der Waals surface area contributed by atoms with Crippen LogP contribution in [0.5, 0.6) is 0 Å². The Labute approximate surface area is 524 Å². The molecule has 0 aliphatic rings. The lowest BCUT2D eigenvalue weighted by atomic mass is 9.99. The van der Waals surface area contributed by atoms with Gasteiger partial charge in [0.2, 0.25) is 0 Å². The standard InChI is InChI=1S/2C24H25NO4S.C21H18N2O6S/c1-17(2)20-10-14-23(15-11-20)30(28,29)25-22-12-8-18(9-13-22)6-7-19-4-3-5-21(16-19)24(26)27;1-2-4-18-11-15-23(16-12-18)30(28,29)25-22-13-9-19(10-14-22)7-8-20-5-3-6-21(17-20)24(26)27;24-21(25)17-9-3-1-7-15(17)13-14-16-8-2-4-10-18(16)22-30(28,29)20-12-6-5-11-19(20)23(26)27/h3-5,8-17,25H,6-7H2,1-2H3,(H,26,27);3,5-6,9-17,25H,2,4,7-8H2,1H3,(H,26,27);1-12,22H,13-14H2,(H,24,25). The van der Waals surface area contributed by atoms with Crippen LogP contribution in [0.15, 0.2) is 233 Å². The van der Waals surface area contributed by atoms with Crippen molar-refractivity contribution in [3.8, 4) is 0 Å². The fraction of sp³-hybridized carbons (Fsp3) is 0.174. The maximum Gasteiger partial charge on any atom is 0.335 e. The average molecular weight is 1270 g/mol. The molecule has 0 atom stereocenters. The zero-order valence-electron chi connectivity index (χ0n) is 49.5. The molecular formula is C69H68N4O14S3. The second-order valence-electron chi connectivity index (χ2n) is 21.2. The van der Waals surface area contributed by atoms with Crippen molar-refractivity contribution in [2.45, 2.75) is 92.7 Å². The number of nitro benzene ring substituents is 1. The molecule has 0 bridgehead atoms. The van der Waals surface area contributed by atoms with Gasteiger partial charge in [0, 0.05) is 17.4 Å². The highest BCUT2D eigenvalue weighted by atomic mass is 32.2. The highest BCUT2D eigenvalue weighted by molar-refractivity contribution is 7.93. The van der Waals surface area contributed by atoms with Crippen LogP contribution >= 0.6 is 0 Å². The maximum atomic E-state index is 12.8. The highest BCUT2D eigenvalue weighted by Crippen LogP contribution is 2.29. The van der Waals surface area contributed by atoms with Crippen molar-refractivity contribution in [1.82, 2.24) is 0 Å². The number of hydrogen-bond donors (Lipinski definition) is 6. The summed E-state index contributed by atoms with van der Waals surface area (Å²) in [7, 11) is -11.5. The molecule has 0 amide bonds. The number of aryl methyl sites for hydroxylation is 7. The van der Waals surface area contributed by atoms with Gasteiger partial charge in [-0.3, -0.25) is 24.3 Å². The first kappa shape index (κ1) is 67.5. The molecule has 21 heteroatoms. The van der Waals surface area contributed by atoms with E-state index in [4.69, 9.17) is 10.2 Å². The van der Waals surface area contributed by atoms with Gasteiger partial charge in [-0.1, -0.05) is 149 Å². The SMILES string of the molecule is CC(C)c1ccc(S(=O)(=O)Nc2ccc(CCc3cccc(C(=O)O)c3)cc2)cc1.CCCc1ccc(S(=O)(=O)Nc2ccc(CCc3cccc(C(=O)O)c3)cc2)cc1.O=C(O)c1ccccc1CCc1ccccc1NS(=O)(=O)c1ccccc1[N+](=O)[O-]. The van der Waals surface area contributed by atoms with Gasteiger partial charge in [-0.2, -0.15) is 0 Å². The minimum absolute atomic E-state index is 0.190. The molecule has 0 unspecified atom stereocenters. The van der Waals surface area contributed by atoms with Gasteiger partial charge in [-0.15, -0.1) is 0 Å². The first-order valence-electron chi connectivity index (χ1n) is 28.6. The van der Waals surface area contributed by atoms with Crippen molar-refractivity contribution < 1.29 is 59.9 Å². The van der Waals surface area contributed by atoms with Crippen LogP contribution in [-0.2, 0) is 75.0 Å². The van der Waals surface area contributed by atoms with E-state index in [-0.39, 0.29) is 32.2 Å². The summed E-state index contributed by atoms with van der Waals surface area (Å²) in [5, 5.41) is 38.7. The van der Waals surface area contributed by atoms with E-state index in [1.165, 1.54) is 24.3 Å². The lowest BCUT2D eigenvalue weighted by molar-refractivity contribution is -0.387. The second-order valence-corrected chi connectivity index (χ2v) is 26.2. The normalized spacial score (nSPS) is 11.2. The molecular weight excluding hydrogens is 1200 g/mol. The second kappa shape index (κ2) is 31.3. The average Bonchev–Trinajstić information content (AvgIpc) is 1.28. The molecule has 6 N–H and O–H groups in total. The van der Waals surface area contributed by atoms with E-state index in [9.17, 15) is 54.9 Å². The molecule has 90 heavy (non-hydrogen) atoms. The quantitative estimate of drug-likeness (QED) is 0.0229.